The van der Waals surface area contributed by atoms with Gasteiger partial charge in [0.1, 0.15) is 10.7 Å². The van der Waals surface area contributed by atoms with E-state index in [1.165, 1.54) is 11.6 Å². The lowest BCUT2D eigenvalue weighted by Crippen LogP contribution is -2.49. The smallest absolute Gasteiger partial charge is 0.329 e. The molecule has 0 aliphatic carbocycles. The van der Waals surface area contributed by atoms with E-state index in [1.807, 2.05) is 29.9 Å². The third-order valence-corrected chi connectivity index (χ3v) is 11.2. The maximum atomic E-state index is 12.8. The first kappa shape index (κ1) is 37.9. The number of nitrogens with one attached hydrogen (secondary N) is 3. The quantitative estimate of drug-likeness (QED) is 0.187. The number of imide groups is 1. The molecule has 8 rings (SSSR count). The van der Waals surface area contributed by atoms with Gasteiger partial charge in [0.25, 0.3) is 11.5 Å². The average molecular weight is 798 g/mol. The summed E-state index contributed by atoms with van der Waals surface area (Å²) in [5.74, 6) is 1.59. The number of piperazine rings is 1. The van der Waals surface area contributed by atoms with Gasteiger partial charge in [0.2, 0.25) is 11.9 Å². The summed E-state index contributed by atoms with van der Waals surface area (Å²) in [5, 5.41) is 14.7. The molecule has 0 saturated carbocycles. The molecule has 18 nitrogen and oxygen atoms in total. The van der Waals surface area contributed by atoms with Crippen LogP contribution >= 0.6 is 11.6 Å². The van der Waals surface area contributed by atoms with E-state index in [0.29, 0.717) is 51.8 Å². The molecule has 4 amide bonds. The fourth-order valence-corrected chi connectivity index (χ4v) is 7.96. The summed E-state index contributed by atoms with van der Waals surface area (Å²) in [4.78, 5) is 71.2. The summed E-state index contributed by atoms with van der Waals surface area (Å²) in [7, 11) is 5.00. The van der Waals surface area contributed by atoms with E-state index in [2.05, 4.69) is 46.7 Å². The zero-order valence-electron chi connectivity index (χ0n) is 32.0. The molecule has 3 N–H and O–H groups in total. The zero-order chi connectivity index (χ0) is 39.8. The van der Waals surface area contributed by atoms with Gasteiger partial charge in [0.05, 0.1) is 29.3 Å². The van der Waals surface area contributed by atoms with Gasteiger partial charge in [0, 0.05) is 90.7 Å². The highest BCUT2D eigenvalue weighted by molar-refractivity contribution is 6.33. The van der Waals surface area contributed by atoms with E-state index >= 15 is 0 Å². The molecule has 57 heavy (non-hydrogen) atoms. The van der Waals surface area contributed by atoms with Gasteiger partial charge < -0.3 is 25.2 Å². The van der Waals surface area contributed by atoms with Crippen molar-refractivity contribution < 1.29 is 19.1 Å². The Balaban J connectivity index is 0.866. The number of ether oxygens (including phenoxy) is 1. The molecule has 0 unspecified atom stereocenters. The Bertz CT molecular complexity index is 2420. The van der Waals surface area contributed by atoms with Gasteiger partial charge in [-0.15, -0.1) is 0 Å². The van der Waals surface area contributed by atoms with E-state index in [4.69, 9.17) is 26.4 Å². The number of hydrogen-bond donors (Lipinski definition) is 3. The van der Waals surface area contributed by atoms with Crippen molar-refractivity contribution in [2.24, 2.45) is 20.0 Å². The first-order valence-corrected chi connectivity index (χ1v) is 19.4. The molecule has 7 heterocycles. The number of pyridine rings is 2. The van der Waals surface area contributed by atoms with E-state index in [9.17, 15) is 19.2 Å². The van der Waals surface area contributed by atoms with E-state index < -0.39 is 11.6 Å². The van der Waals surface area contributed by atoms with Crippen LogP contribution in [0.4, 0.5) is 33.8 Å². The third kappa shape index (κ3) is 7.74. The normalized spacial score (nSPS) is 17.0. The van der Waals surface area contributed by atoms with Gasteiger partial charge >= 0.3 is 6.03 Å². The Hall–Kier alpha value is -6.01. The van der Waals surface area contributed by atoms with Crippen LogP contribution in [0, 0.1) is 5.92 Å². The van der Waals surface area contributed by atoms with E-state index in [1.54, 1.807) is 30.4 Å². The number of urea groups is 1. The van der Waals surface area contributed by atoms with Gasteiger partial charge in [-0.05, 0) is 43.0 Å². The lowest BCUT2D eigenvalue weighted by Gasteiger charge is -2.39. The van der Waals surface area contributed by atoms with Crippen LogP contribution in [0.5, 0.6) is 5.75 Å². The molecule has 3 fully saturated rings. The first-order chi connectivity index (χ1) is 27.6. The zero-order valence-corrected chi connectivity index (χ0v) is 32.8. The number of amides is 4. The van der Waals surface area contributed by atoms with Crippen molar-refractivity contribution in [2.45, 2.75) is 19.3 Å². The fourth-order valence-electron chi connectivity index (χ4n) is 7.82. The van der Waals surface area contributed by atoms with Gasteiger partial charge in [-0.1, -0.05) is 17.7 Å². The second-order valence-electron chi connectivity index (χ2n) is 14.6. The van der Waals surface area contributed by atoms with Crippen molar-refractivity contribution in [1.82, 2.24) is 44.8 Å². The number of para-hydroxylation sites is 1. The Kier molecular flexibility index (Phi) is 10.5. The third-order valence-electron chi connectivity index (χ3n) is 10.9. The molecule has 3 aliphatic rings. The molecule has 1 aromatic carbocycles. The Morgan fingerprint density at radius 2 is 1.77 bits per heavy atom. The van der Waals surface area contributed by atoms with Gasteiger partial charge in [-0.2, -0.15) is 10.1 Å². The number of hydrogen-bond acceptors (Lipinski definition) is 13. The molecule has 19 heteroatoms. The minimum atomic E-state index is -0.434. The second kappa shape index (κ2) is 15.9. The minimum absolute atomic E-state index is 0.0419. The number of carbonyl (C=O) groups is 3. The van der Waals surface area contributed by atoms with Crippen molar-refractivity contribution in [3.8, 4) is 5.75 Å². The predicted octanol–water partition coefficient (Wildman–Crippen LogP) is 2.62. The largest absolute Gasteiger partial charge is 0.478 e. The number of nitrogens with zero attached hydrogens (tertiary/aromatic N) is 10. The van der Waals surface area contributed by atoms with Crippen molar-refractivity contribution in [2.75, 3.05) is 86.0 Å². The lowest BCUT2D eigenvalue weighted by atomic mass is 9.95. The molecule has 0 spiro atoms. The number of likely N-dealkylation sites (N-methyl/N-ethyl adjacent to an activating group) is 1. The number of rotatable bonds is 10. The number of halogens is 1. The van der Waals surface area contributed by atoms with Gasteiger partial charge in [-0.25, -0.2) is 14.8 Å². The van der Waals surface area contributed by atoms with Crippen LogP contribution in [0.25, 0.3) is 21.9 Å². The predicted molar refractivity (Wildman–Crippen MR) is 217 cm³/mol. The molecule has 298 valence electrons. The SMILES string of the molecule is CNC(=O)COc1cc2cc(Nc3nc(N4CCN(CC5CCN(c6cccc7c(N8CCC(=O)NC8=O)nn(C)c67)CC5)CC4)ncc3Cl)cnc2n(C)c1=O. The molecular formula is C38H44ClN13O5. The number of carbonyl (C=O) groups excluding carboxylic acids is 3. The molecule has 5 aromatic rings. The Labute approximate surface area is 332 Å². The molecule has 3 aliphatic heterocycles. The summed E-state index contributed by atoms with van der Waals surface area (Å²) >= 11 is 6.55. The number of anilines is 5. The topological polar surface area (TPSA) is 188 Å². The van der Waals surface area contributed by atoms with Crippen LogP contribution in [0.3, 0.4) is 0 Å². The van der Waals surface area contributed by atoms with E-state index in [-0.39, 0.29) is 30.6 Å². The molecule has 0 radical (unpaired) electrons. The number of aromatic nitrogens is 6. The minimum Gasteiger partial charge on any atom is -0.478 e. The molecule has 4 aromatic heterocycles. The van der Waals surface area contributed by atoms with Gasteiger partial charge in [0.15, 0.2) is 24.0 Å². The molecular weight excluding hydrogens is 754 g/mol. The maximum Gasteiger partial charge on any atom is 0.329 e. The summed E-state index contributed by atoms with van der Waals surface area (Å²) in [6.45, 7) is 6.23. The van der Waals surface area contributed by atoms with Crippen LogP contribution in [-0.2, 0) is 23.7 Å². The Morgan fingerprint density at radius 1 is 0.982 bits per heavy atom. The van der Waals surface area contributed by atoms with Crippen LogP contribution in [-0.4, -0.2) is 118 Å². The van der Waals surface area contributed by atoms with Crippen molar-refractivity contribution in [1.29, 1.82) is 0 Å². The van der Waals surface area contributed by atoms with Crippen molar-refractivity contribution >= 4 is 80.3 Å². The van der Waals surface area contributed by atoms with Crippen molar-refractivity contribution in [3.63, 3.8) is 0 Å². The first-order valence-electron chi connectivity index (χ1n) is 19.0. The summed E-state index contributed by atoms with van der Waals surface area (Å²) in [6, 6.07) is 9.07. The molecule has 3 saturated heterocycles. The lowest BCUT2D eigenvalue weighted by molar-refractivity contribution is -0.122. The highest BCUT2D eigenvalue weighted by atomic mass is 35.5. The second-order valence-corrected chi connectivity index (χ2v) is 15.0. The molecule has 0 bridgehead atoms. The highest BCUT2D eigenvalue weighted by Gasteiger charge is 2.30. The number of benzene rings is 1. The average Bonchev–Trinajstić information content (AvgIpc) is 3.55. The van der Waals surface area contributed by atoms with Crippen molar-refractivity contribution in [3.05, 3.63) is 58.1 Å². The number of aryl methyl sites for hydroxylation is 2. The molecule has 0 atom stereocenters. The van der Waals surface area contributed by atoms with Gasteiger partial charge in [-0.3, -0.25) is 38.7 Å². The van der Waals surface area contributed by atoms with Crippen LogP contribution in [0.2, 0.25) is 5.02 Å². The number of piperidine rings is 1. The highest BCUT2D eigenvalue weighted by Crippen LogP contribution is 2.36. The number of fused-ring (bicyclic) bond motifs is 2. The monoisotopic (exact) mass is 797 g/mol. The van der Waals surface area contributed by atoms with Crippen LogP contribution in [0.15, 0.2) is 47.5 Å². The van der Waals surface area contributed by atoms with Crippen LogP contribution < -0.4 is 40.9 Å². The standard InChI is InChI=1S/C38H44ClN13O5/c1-40-31(54)22-57-29-18-24-17-25(19-41-34(24)47(2)36(29)55)43-33-27(39)20-42-37(45-33)51-15-13-49(14-16-51)21-23-7-10-50(11-8-23)28-6-4-5-26-32(28)48(3)46-35(26)52-12-9-30(53)44-38(52)56/h4-6,17-20,23H,7-16,21-22H2,1-3H3,(H,40,54)(H,42,43,45)(H,44,53,56). The maximum absolute atomic E-state index is 12.8. The van der Waals surface area contributed by atoms with Crippen LogP contribution in [0.1, 0.15) is 19.3 Å². The van der Waals surface area contributed by atoms with E-state index in [0.717, 1.165) is 75.2 Å². The summed E-state index contributed by atoms with van der Waals surface area (Å²) < 4.78 is 8.70. The summed E-state index contributed by atoms with van der Waals surface area (Å²) in [6.07, 6.45) is 5.58. The summed E-state index contributed by atoms with van der Waals surface area (Å²) in [5.41, 5.74) is 2.75. The fraction of sp³-hybridized carbons (Fsp3) is 0.421. The Morgan fingerprint density at radius 3 is 2.53 bits per heavy atom.